The average Bonchev–Trinajstić information content (AvgIpc) is 3.09. The molecular weight excluding hydrogens is 296 g/mol. The van der Waals surface area contributed by atoms with Crippen molar-refractivity contribution in [3.8, 4) is 17.3 Å². The van der Waals surface area contributed by atoms with Crippen LogP contribution in [0, 0.1) is 0 Å². The first-order chi connectivity index (χ1) is 11.3. The smallest absolute Gasteiger partial charge is 0.266 e. The molecule has 0 saturated carbocycles. The Hall–Kier alpha value is -3.22. The summed E-state index contributed by atoms with van der Waals surface area (Å²) in [7, 11) is 0. The fourth-order valence-electron chi connectivity index (χ4n) is 1.81. The molecule has 0 spiro atoms. The van der Waals surface area contributed by atoms with E-state index in [0.29, 0.717) is 23.2 Å². The van der Waals surface area contributed by atoms with Gasteiger partial charge in [-0.2, -0.15) is 0 Å². The molecule has 3 rings (SSSR count). The maximum Gasteiger partial charge on any atom is 0.266 e. The highest BCUT2D eigenvalue weighted by Gasteiger charge is 2.10. The maximum atomic E-state index is 11.7. The van der Waals surface area contributed by atoms with Crippen LogP contribution in [0.5, 0.6) is 5.75 Å². The fraction of sp³-hybridized carbons (Fsp3) is 0.125. The predicted octanol–water partition coefficient (Wildman–Crippen LogP) is 1.83. The Morgan fingerprint density at radius 3 is 2.70 bits per heavy atom. The summed E-state index contributed by atoms with van der Waals surface area (Å²) in [6, 6.07) is 14.5. The van der Waals surface area contributed by atoms with Gasteiger partial charge in [0.1, 0.15) is 11.4 Å². The summed E-state index contributed by atoms with van der Waals surface area (Å²) >= 11 is 0. The molecule has 0 fully saturated rings. The van der Waals surface area contributed by atoms with Gasteiger partial charge in [0.2, 0.25) is 5.89 Å². The Bertz CT molecular complexity index is 759. The number of ether oxygens (including phenoxy) is 1. The molecule has 0 radical (unpaired) electrons. The monoisotopic (exact) mass is 310 g/mol. The van der Waals surface area contributed by atoms with Gasteiger partial charge in [0, 0.05) is 6.20 Å². The summed E-state index contributed by atoms with van der Waals surface area (Å²) in [5.74, 6) is 0.985. The summed E-state index contributed by atoms with van der Waals surface area (Å²) < 4.78 is 10.8. The van der Waals surface area contributed by atoms with Crippen LogP contribution in [0.3, 0.4) is 0 Å². The zero-order valence-electron chi connectivity index (χ0n) is 12.2. The van der Waals surface area contributed by atoms with E-state index in [9.17, 15) is 4.79 Å². The molecule has 23 heavy (non-hydrogen) atoms. The predicted molar refractivity (Wildman–Crippen MR) is 81.3 cm³/mol. The van der Waals surface area contributed by atoms with E-state index in [2.05, 4.69) is 20.5 Å². The Kier molecular flexibility index (Phi) is 4.58. The highest BCUT2D eigenvalue weighted by Crippen LogP contribution is 2.13. The van der Waals surface area contributed by atoms with Crippen LogP contribution in [0.1, 0.15) is 5.89 Å². The first-order valence-electron chi connectivity index (χ1n) is 6.99. The van der Waals surface area contributed by atoms with Gasteiger partial charge < -0.3 is 14.5 Å². The molecule has 116 valence electrons. The second-order valence-electron chi connectivity index (χ2n) is 4.59. The van der Waals surface area contributed by atoms with E-state index in [4.69, 9.17) is 9.15 Å². The number of pyridine rings is 1. The lowest BCUT2D eigenvalue weighted by molar-refractivity contribution is -0.123. The van der Waals surface area contributed by atoms with Crippen LogP contribution < -0.4 is 10.1 Å². The number of carbonyl (C=O) groups is 1. The van der Waals surface area contributed by atoms with Crippen molar-refractivity contribution in [2.45, 2.75) is 6.54 Å². The molecule has 0 atom stereocenters. The molecule has 7 heteroatoms. The maximum absolute atomic E-state index is 11.7. The number of nitrogens with one attached hydrogen (secondary N) is 1. The van der Waals surface area contributed by atoms with Gasteiger partial charge in [0.05, 0.1) is 6.54 Å². The third-order valence-corrected chi connectivity index (χ3v) is 2.90. The Labute approximate surface area is 132 Å². The Morgan fingerprint density at radius 1 is 1.09 bits per heavy atom. The van der Waals surface area contributed by atoms with Gasteiger partial charge in [0.25, 0.3) is 11.8 Å². The molecule has 0 aliphatic heterocycles. The van der Waals surface area contributed by atoms with E-state index in [0.717, 1.165) is 0 Å². The largest absolute Gasteiger partial charge is 0.484 e. The number of hydrogen-bond acceptors (Lipinski definition) is 6. The van der Waals surface area contributed by atoms with E-state index in [1.165, 1.54) is 0 Å². The van der Waals surface area contributed by atoms with E-state index in [1.54, 1.807) is 30.5 Å². The summed E-state index contributed by atoms with van der Waals surface area (Å²) in [5, 5.41) is 10.4. The molecule has 0 aliphatic rings. The number of nitrogens with zero attached hydrogens (tertiary/aromatic N) is 3. The van der Waals surface area contributed by atoms with Crippen molar-refractivity contribution >= 4 is 5.91 Å². The molecule has 0 aliphatic carbocycles. The highest BCUT2D eigenvalue weighted by molar-refractivity contribution is 5.77. The van der Waals surface area contributed by atoms with Crippen molar-refractivity contribution in [2.75, 3.05) is 6.61 Å². The van der Waals surface area contributed by atoms with E-state index < -0.39 is 0 Å². The first kappa shape index (κ1) is 14.7. The van der Waals surface area contributed by atoms with Gasteiger partial charge in [-0.3, -0.25) is 9.78 Å². The van der Waals surface area contributed by atoms with Gasteiger partial charge in [-0.05, 0) is 24.3 Å². The fourth-order valence-corrected chi connectivity index (χ4v) is 1.81. The van der Waals surface area contributed by atoms with Gasteiger partial charge in [-0.1, -0.05) is 24.3 Å². The molecule has 1 amide bonds. The lowest BCUT2D eigenvalue weighted by atomic mass is 10.3. The number of carbonyl (C=O) groups excluding carboxylic acids is 1. The molecule has 0 saturated heterocycles. The van der Waals surface area contributed by atoms with Crippen LogP contribution >= 0.6 is 0 Å². The number of rotatable bonds is 6. The van der Waals surface area contributed by atoms with Crippen molar-refractivity contribution in [3.63, 3.8) is 0 Å². The summed E-state index contributed by atoms with van der Waals surface area (Å²) in [5.41, 5.74) is 0.588. The second-order valence-corrected chi connectivity index (χ2v) is 4.59. The summed E-state index contributed by atoms with van der Waals surface area (Å²) in [6.45, 7) is 0.0576. The molecule has 1 N–H and O–H groups in total. The molecule has 3 aromatic rings. The van der Waals surface area contributed by atoms with Gasteiger partial charge in [-0.15, -0.1) is 10.2 Å². The standard InChI is InChI=1S/C16H14N4O3/c21-14(11-22-12-6-2-1-3-7-12)18-10-15-19-20-16(23-15)13-8-4-5-9-17-13/h1-9H,10-11H2,(H,18,21). The molecular formula is C16H14N4O3. The molecule has 0 unspecified atom stereocenters. The summed E-state index contributed by atoms with van der Waals surface area (Å²) in [4.78, 5) is 15.8. The third kappa shape index (κ3) is 4.13. The number of para-hydroxylation sites is 1. The molecule has 7 nitrogen and oxygen atoms in total. The van der Waals surface area contributed by atoms with Crippen molar-refractivity contribution in [1.29, 1.82) is 0 Å². The first-order valence-corrected chi connectivity index (χ1v) is 6.99. The minimum atomic E-state index is -0.272. The second kappa shape index (κ2) is 7.17. The quantitative estimate of drug-likeness (QED) is 0.747. The van der Waals surface area contributed by atoms with Crippen LogP contribution in [0.4, 0.5) is 0 Å². The third-order valence-electron chi connectivity index (χ3n) is 2.90. The number of amides is 1. The van der Waals surface area contributed by atoms with Crippen molar-refractivity contribution in [3.05, 3.63) is 60.6 Å². The van der Waals surface area contributed by atoms with E-state index in [-0.39, 0.29) is 19.1 Å². The van der Waals surface area contributed by atoms with E-state index >= 15 is 0 Å². The summed E-state index contributed by atoms with van der Waals surface area (Å²) in [6.07, 6.45) is 1.64. The topological polar surface area (TPSA) is 90.1 Å². The zero-order chi connectivity index (χ0) is 15.9. The molecule has 2 heterocycles. The molecule has 0 bridgehead atoms. The van der Waals surface area contributed by atoms with Crippen LogP contribution in [0.25, 0.3) is 11.6 Å². The van der Waals surface area contributed by atoms with Crippen molar-refractivity contribution in [2.24, 2.45) is 0 Å². The SMILES string of the molecule is O=C(COc1ccccc1)NCc1nnc(-c2ccccn2)o1. The lowest BCUT2D eigenvalue weighted by Crippen LogP contribution is -2.28. The van der Waals surface area contributed by atoms with Gasteiger partial charge >= 0.3 is 0 Å². The minimum absolute atomic E-state index is 0.0781. The number of benzene rings is 1. The van der Waals surface area contributed by atoms with Crippen LogP contribution in [-0.4, -0.2) is 27.7 Å². The van der Waals surface area contributed by atoms with E-state index in [1.807, 2.05) is 24.3 Å². The van der Waals surface area contributed by atoms with Gasteiger partial charge in [0.15, 0.2) is 6.61 Å². The normalized spacial score (nSPS) is 10.3. The Morgan fingerprint density at radius 2 is 1.91 bits per heavy atom. The highest BCUT2D eigenvalue weighted by atomic mass is 16.5. The lowest BCUT2D eigenvalue weighted by Gasteiger charge is -2.05. The van der Waals surface area contributed by atoms with Crippen LogP contribution in [-0.2, 0) is 11.3 Å². The van der Waals surface area contributed by atoms with Crippen LogP contribution in [0.2, 0.25) is 0 Å². The number of aromatic nitrogens is 3. The van der Waals surface area contributed by atoms with Crippen molar-refractivity contribution in [1.82, 2.24) is 20.5 Å². The van der Waals surface area contributed by atoms with Crippen molar-refractivity contribution < 1.29 is 13.9 Å². The van der Waals surface area contributed by atoms with Gasteiger partial charge in [-0.25, -0.2) is 0 Å². The minimum Gasteiger partial charge on any atom is -0.484 e. The Balaban J connectivity index is 1.49. The molecule has 1 aromatic carbocycles. The average molecular weight is 310 g/mol. The van der Waals surface area contributed by atoms with Crippen LogP contribution in [0.15, 0.2) is 59.1 Å². The zero-order valence-corrected chi connectivity index (χ0v) is 12.2. The number of hydrogen-bond donors (Lipinski definition) is 1. The molecule has 2 aromatic heterocycles.